The Hall–Kier alpha value is -2.00. The highest BCUT2D eigenvalue weighted by atomic mass is 35.5. The standard InChI is InChI=1S/C16H13ClN2O/c1-2-4-13(20)16-12(17)9-11-7-6-10-5-3-8-18-14(10)15(11)19-16/h3,5-9H,2,4H2,1H3. The van der Waals surface area contributed by atoms with Crippen LogP contribution in [0, 0.1) is 0 Å². The summed E-state index contributed by atoms with van der Waals surface area (Å²) < 4.78 is 0. The van der Waals surface area contributed by atoms with E-state index in [1.165, 1.54) is 0 Å². The van der Waals surface area contributed by atoms with Crippen molar-refractivity contribution in [1.82, 2.24) is 9.97 Å². The van der Waals surface area contributed by atoms with E-state index in [-0.39, 0.29) is 5.78 Å². The summed E-state index contributed by atoms with van der Waals surface area (Å²) in [7, 11) is 0. The quantitative estimate of drug-likeness (QED) is 0.528. The maximum atomic E-state index is 12.1. The molecule has 2 heterocycles. The normalized spacial score (nSPS) is 11.1. The van der Waals surface area contributed by atoms with E-state index in [1.807, 2.05) is 31.2 Å². The molecule has 3 nitrogen and oxygen atoms in total. The summed E-state index contributed by atoms with van der Waals surface area (Å²) in [6, 6.07) is 9.59. The maximum Gasteiger partial charge on any atom is 0.182 e. The van der Waals surface area contributed by atoms with Gasteiger partial charge in [-0.3, -0.25) is 9.78 Å². The van der Waals surface area contributed by atoms with Crippen LogP contribution < -0.4 is 0 Å². The number of carbonyl (C=O) groups is 1. The van der Waals surface area contributed by atoms with Crippen molar-refractivity contribution in [1.29, 1.82) is 0 Å². The summed E-state index contributed by atoms with van der Waals surface area (Å²) >= 11 is 6.18. The Morgan fingerprint density at radius 1 is 1.20 bits per heavy atom. The van der Waals surface area contributed by atoms with E-state index in [0.717, 1.165) is 28.2 Å². The van der Waals surface area contributed by atoms with Gasteiger partial charge in [0.15, 0.2) is 5.78 Å². The first-order valence-electron chi connectivity index (χ1n) is 6.58. The van der Waals surface area contributed by atoms with Gasteiger partial charge < -0.3 is 0 Å². The van der Waals surface area contributed by atoms with E-state index in [2.05, 4.69) is 9.97 Å². The topological polar surface area (TPSA) is 42.9 Å². The number of hydrogen-bond donors (Lipinski definition) is 0. The average molecular weight is 285 g/mol. The molecule has 3 aromatic rings. The van der Waals surface area contributed by atoms with Gasteiger partial charge in [0, 0.05) is 23.4 Å². The van der Waals surface area contributed by atoms with Gasteiger partial charge in [0.05, 0.1) is 16.1 Å². The zero-order valence-corrected chi connectivity index (χ0v) is 11.8. The molecule has 0 bridgehead atoms. The van der Waals surface area contributed by atoms with Gasteiger partial charge in [-0.05, 0) is 18.6 Å². The molecule has 0 aliphatic carbocycles. The van der Waals surface area contributed by atoms with Crippen molar-refractivity contribution in [3.63, 3.8) is 0 Å². The van der Waals surface area contributed by atoms with E-state index in [0.29, 0.717) is 17.1 Å². The minimum absolute atomic E-state index is 0.0210. The van der Waals surface area contributed by atoms with Gasteiger partial charge >= 0.3 is 0 Å². The second-order valence-electron chi connectivity index (χ2n) is 4.70. The molecule has 1 aromatic carbocycles. The molecule has 0 atom stereocenters. The van der Waals surface area contributed by atoms with E-state index in [9.17, 15) is 4.79 Å². The second-order valence-corrected chi connectivity index (χ2v) is 5.11. The Morgan fingerprint density at radius 2 is 2.00 bits per heavy atom. The fourth-order valence-electron chi connectivity index (χ4n) is 2.29. The lowest BCUT2D eigenvalue weighted by atomic mass is 10.1. The molecule has 0 aliphatic heterocycles. The van der Waals surface area contributed by atoms with Crippen molar-refractivity contribution >= 4 is 39.2 Å². The number of aromatic nitrogens is 2. The monoisotopic (exact) mass is 284 g/mol. The SMILES string of the molecule is CCCC(=O)c1nc2c(ccc3cccnc32)cc1Cl. The van der Waals surface area contributed by atoms with Gasteiger partial charge in [-0.25, -0.2) is 4.98 Å². The van der Waals surface area contributed by atoms with Crippen molar-refractivity contribution < 1.29 is 4.79 Å². The minimum Gasteiger partial charge on any atom is -0.292 e. The highest BCUT2D eigenvalue weighted by molar-refractivity contribution is 6.34. The molecule has 4 heteroatoms. The molecule has 0 N–H and O–H groups in total. The molecular weight excluding hydrogens is 272 g/mol. The summed E-state index contributed by atoms with van der Waals surface area (Å²) in [5.41, 5.74) is 1.87. The van der Waals surface area contributed by atoms with Crippen molar-refractivity contribution in [3.8, 4) is 0 Å². The summed E-state index contributed by atoms with van der Waals surface area (Å²) in [4.78, 5) is 20.9. The average Bonchev–Trinajstić information content (AvgIpc) is 2.46. The van der Waals surface area contributed by atoms with Gasteiger partial charge in [0.1, 0.15) is 5.69 Å². The van der Waals surface area contributed by atoms with Crippen molar-refractivity contribution in [3.05, 3.63) is 47.2 Å². The molecular formula is C16H13ClN2O. The predicted octanol–water partition coefficient (Wildman–Crippen LogP) is 4.42. The van der Waals surface area contributed by atoms with Crippen LogP contribution in [0.2, 0.25) is 5.02 Å². The Kier molecular flexibility index (Phi) is 3.36. The molecule has 0 saturated heterocycles. The molecule has 100 valence electrons. The van der Waals surface area contributed by atoms with Crippen LogP contribution in [0.3, 0.4) is 0 Å². The third-order valence-corrected chi connectivity index (χ3v) is 3.54. The molecule has 0 radical (unpaired) electrons. The molecule has 0 spiro atoms. The Balaban J connectivity index is 2.31. The van der Waals surface area contributed by atoms with Crippen molar-refractivity contribution in [2.75, 3.05) is 0 Å². The summed E-state index contributed by atoms with van der Waals surface area (Å²) in [6.45, 7) is 1.96. The van der Waals surface area contributed by atoms with E-state index >= 15 is 0 Å². The molecule has 0 amide bonds. The van der Waals surface area contributed by atoms with Crippen LogP contribution in [0.25, 0.3) is 21.8 Å². The zero-order valence-electron chi connectivity index (χ0n) is 11.1. The number of ketones is 1. The van der Waals surface area contributed by atoms with Crippen LogP contribution >= 0.6 is 11.6 Å². The third-order valence-electron chi connectivity index (χ3n) is 3.25. The van der Waals surface area contributed by atoms with Crippen LogP contribution in [-0.2, 0) is 0 Å². The van der Waals surface area contributed by atoms with Gasteiger partial charge in [-0.2, -0.15) is 0 Å². The van der Waals surface area contributed by atoms with E-state index in [4.69, 9.17) is 11.6 Å². The predicted molar refractivity (Wildman–Crippen MR) is 81.3 cm³/mol. The highest BCUT2D eigenvalue weighted by Gasteiger charge is 2.14. The molecule has 3 rings (SSSR count). The Bertz CT molecular complexity index is 814. The first kappa shape index (κ1) is 13.0. The van der Waals surface area contributed by atoms with Crippen LogP contribution in [0.15, 0.2) is 36.5 Å². The minimum atomic E-state index is -0.0210. The zero-order chi connectivity index (χ0) is 14.1. The highest BCUT2D eigenvalue weighted by Crippen LogP contribution is 2.27. The van der Waals surface area contributed by atoms with Crippen LogP contribution in [0.1, 0.15) is 30.3 Å². The maximum absolute atomic E-state index is 12.1. The smallest absolute Gasteiger partial charge is 0.182 e. The first-order valence-corrected chi connectivity index (χ1v) is 6.95. The lowest BCUT2D eigenvalue weighted by molar-refractivity contribution is 0.0977. The fraction of sp³-hybridized carbons (Fsp3) is 0.188. The van der Waals surface area contributed by atoms with Gasteiger partial charge in [0.25, 0.3) is 0 Å². The summed E-state index contributed by atoms with van der Waals surface area (Å²) in [5, 5.41) is 2.31. The fourth-order valence-corrected chi connectivity index (χ4v) is 2.56. The lowest BCUT2D eigenvalue weighted by Crippen LogP contribution is -2.03. The number of Topliss-reactive ketones (excluding diaryl/α,β-unsaturated/α-hetero) is 1. The van der Waals surface area contributed by atoms with Gasteiger partial charge in [-0.1, -0.05) is 36.7 Å². The van der Waals surface area contributed by atoms with E-state index in [1.54, 1.807) is 12.3 Å². The van der Waals surface area contributed by atoms with Crippen LogP contribution in [-0.4, -0.2) is 15.8 Å². The second kappa shape index (κ2) is 5.17. The Labute approximate surface area is 121 Å². The number of benzene rings is 1. The number of halogens is 1. The van der Waals surface area contributed by atoms with Crippen molar-refractivity contribution in [2.24, 2.45) is 0 Å². The third kappa shape index (κ3) is 2.14. The summed E-state index contributed by atoms with van der Waals surface area (Å²) in [6.07, 6.45) is 2.96. The number of nitrogens with zero attached hydrogens (tertiary/aromatic N) is 2. The van der Waals surface area contributed by atoms with Gasteiger partial charge in [0.2, 0.25) is 0 Å². The van der Waals surface area contributed by atoms with Crippen molar-refractivity contribution in [2.45, 2.75) is 19.8 Å². The largest absolute Gasteiger partial charge is 0.292 e. The number of rotatable bonds is 3. The number of fused-ring (bicyclic) bond motifs is 3. The lowest BCUT2D eigenvalue weighted by Gasteiger charge is -2.06. The molecule has 0 fully saturated rings. The number of carbonyl (C=O) groups excluding carboxylic acids is 1. The van der Waals surface area contributed by atoms with Gasteiger partial charge in [-0.15, -0.1) is 0 Å². The Morgan fingerprint density at radius 3 is 2.80 bits per heavy atom. The molecule has 0 aliphatic rings. The van der Waals surface area contributed by atoms with E-state index < -0.39 is 0 Å². The molecule has 2 aromatic heterocycles. The van der Waals surface area contributed by atoms with Crippen LogP contribution in [0.4, 0.5) is 0 Å². The molecule has 20 heavy (non-hydrogen) atoms. The number of pyridine rings is 2. The molecule has 0 unspecified atom stereocenters. The summed E-state index contributed by atoms with van der Waals surface area (Å²) in [5.74, 6) is -0.0210. The van der Waals surface area contributed by atoms with Crippen LogP contribution in [0.5, 0.6) is 0 Å². The molecule has 0 saturated carbocycles. The number of hydrogen-bond acceptors (Lipinski definition) is 3. The first-order chi connectivity index (χ1) is 9.70.